The first-order valence-corrected chi connectivity index (χ1v) is 16.3. The van der Waals surface area contributed by atoms with Gasteiger partial charge in [0.15, 0.2) is 11.5 Å². The molecule has 5 aromatic rings. The van der Waals surface area contributed by atoms with Crippen molar-refractivity contribution in [3.63, 3.8) is 0 Å². The number of hydrogen-bond donors (Lipinski definition) is 3. The maximum Gasteiger partial charge on any atom is 0.272 e. The van der Waals surface area contributed by atoms with Crippen LogP contribution in [0.5, 0.6) is 11.5 Å². The monoisotopic (exact) mass is 705 g/mol. The summed E-state index contributed by atoms with van der Waals surface area (Å²) in [5, 5.41) is 8.07. The van der Waals surface area contributed by atoms with Crippen LogP contribution in [0.15, 0.2) is 142 Å². The van der Waals surface area contributed by atoms with E-state index in [0.717, 1.165) is 20.5 Å². The maximum atomic E-state index is 13.6. The van der Waals surface area contributed by atoms with E-state index in [1.54, 1.807) is 60.7 Å². The van der Waals surface area contributed by atoms with Crippen LogP contribution in [0.2, 0.25) is 0 Å². The molecule has 1 heterocycles. The molecular weight excluding hydrogens is 678 g/mol. The fourth-order valence-electron chi connectivity index (χ4n) is 4.70. The number of carbonyl (C=O) groups excluding carboxylic acids is 3. The van der Waals surface area contributed by atoms with E-state index in [1.165, 1.54) is 11.8 Å². The molecule has 5 aromatic carbocycles. The van der Waals surface area contributed by atoms with Gasteiger partial charge in [0.25, 0.3) is 11.8 Å². The highest BCUT2D eigenvalue weighted by Crippen LogP contribution is 2.38. The van der Waals surface area contributed by atoms with Gasteiger partial charge in [-0.2, -0.15) is 0 Å². The highest BCUT2D eigenvalue weighted by Gasteiger charge is 2.24. The van der Waals surface area contributed by atoms with Gasteiger partial charge in [0.2, 0.25) is 12.7 Å². The van der Waals surface area contributed by atoms with Crippen molar-refractivity contribution in [1.29, 1.82) is 0 Å². The van der Waals surface area contributed by atoms with Gasteiger partial charge >= 0.3 is 0 Å². The number of nitrogens with one attached hydrogen (secondary N) is 3. The fraction of sp³-hybridized carbons (Fsp3) is 0.0541. The number of rotatable bonds is 10. The van der Waals surface area contributed by atoms with Gasteiger partial charge in [-0.25, -0.2) is 0 Å². The van der Waals surface area contributed by atoms with Gasteiger partial charge in [-0.05, 0) is 77.9 Å². The minimum atomic E-state index is -0.560. The van der Waals surface area contributed by atoms with Crippen LogP contribution in [-0.2, 0) is 9.59 Å². The van der Waals surface area contributed by atoms with Crippen LogP contribution in [0.25, 0.3) is 6.08 Å². The summed E-state index contributed by atoms with van der Waals surface area (Å²) in [6.07, 6.45) is 1.62. The summed E-state index contributed by atoms with van der Waals surface area (Å²) in [7, 11) is 0. The predicted molar refractivity (Wildman–Crippen MR) is 187 cm³/mol. The molecule has 6 rings (SSSR count). The number of ether oxygens (including phenoxy) is 2. The van der Waals surface area contributed by atoms with E-state index < -0.39 is 17.1 Å². The van der Waals surface area contributed by atoms with Gasteiger partial charge in [-0.3, -0.25) is 14.4 Å². The second-order valence-corrected chi connectivity index (χ2v) is 12.5. The van der Waals surface area contributed by atoms with Crippen LogP contribution < -0.4 is 25.4 Å². The number of anilines is 2. The molecule has 1 unspecified atom stereocenters. The Morgan fingerprint density at radius 1 is 0.723 bits per heavy atom. The van der Waals surface area contributed by atoms with Crippen molar-refractivity contribution in [2.45, 2.75) is 10.1 Å². The zero-order chi connectivity index (χ0) is 32.6. The Balaban J connectivity index is 1.17. The van der Waals surface area contributed by atoms with E-state index in [2.05, 4.69) is 31.9 Å². The standard InChI is InChI=1S/C37H28BrN3O5S/c38-27-13-11-24(12-14-27)21-31(41-35(42)26-9-5-2-6-10-26)36(43)39-28-15-18-30(19-16-28)47-34(25-7-3-1-4-8-25)37(44)40-29-17-20-32-33(22-29)46-23-45-32/h1-22,34H,23H2,(H,39,43)(H,40,44)(H,41,42)/b31-21-. The average Bonchev–Trinajstić information content (AvgIpc) is 3.57. The molecule has 1 atom stereocenters. The number of halogens is 1. The van der Waals surface area contributed by atoms with Gasteiger partial charge < -0.3 is 25.4 Å². The Labute approximate surface area is 284 Å². The molecule has 0 aliphatic carbocycles. The Morgan fingerprint density at radius 2 is 1.38 bits per heavy atom. The summed E-state index contributed by atoms with van der Waals surface area (Å²) in [4.78, 5) is 40.8. The fourth-order valence-corrected chi connectivity index (χ4v) is 5.99. The summed E-state index contributed by atoms with van der Waals surface area (Å²) in [5.74, 6) is 0.136. The molecule has 3 amide bonds. The van der Waals surface area contributed by atoms with E-state index in [9.17, 15) is 14.4 Å². The van der Waals surface area contributed by atoms with Crippen molar-refractivity contribution >= 4 is 62.9 Å². The second kappa shape index (κ2) is 14.8. The quantitative estimate of drug-likeness (QED) is 0.100. The zero-order valence-electron chi connectivity index (χ0n) is 24.8. The van der Waals surface area contributed by atoms with Gasteiger partial charge in [0.05, 0.1) is 0 Å². The molecular formula is C37H28BrN3O5S. The predicted octanol–water partition coefficient (Wildman–Crippen LogP) is 8.06. The molecule has 0 radical (unpaired) electrons. The molecule has 1 aliphatic heterocycles. The summed E-state index contributed by atoms with van der Waals surface area (Å²) in [6.45, 7) is 0.150. The normalized spacial score (nSPS) is 12.6. The third kappa shape index (κ3) is 8.29. The molecule has 0 spiro atoms. The lowest BCUT2D eigenvalue weighted by atomic mass is 10.1. The first-order chi connectivity index (χ1) is 22.9. The van der Waals surface area contributed by atoms with Gasteiger partial charge in [0.1, 0.15) is 10.9 Å². The lowest BCUT2D eigenvalue weighted by Gasteiger charge is -2.18. The van der Waals surface area contributed by atoms with Crippen molar-refractivity contribution in [2.75, 3.05) is 17.4 Å². The number of benzene rings is 5. The number of carbonyl (C=O) groups is 3. The van der Waals surface area contributed by atoms with Gasteiger partial charge in [-0.1, -0.05) is 76.6 Å². The van der Waals surface area contributed by atoms with Crippen LogP contribution in [0, 0.1) is 0 Å². The Kier molecular flexibility index (Phi) is 10.00. The first kappa shape index (κ1) is 31.7. The Bertz CT molecular complexity index is 1920. The van der Waals surface area contributed by atoms with Crippen LogP contribution >= 0.6 is 27.7 Å². The molecule has 10 heteroatoms. The van der Waals surface area contributed by atoms with Crippen molar-refractivity contribution in [3.8, 4) is 11.5 Å². The van der Waals surface area contributed by atoms with E-state index in [4.69, 9.17) is 9.47 Å². The molecule has 0 saturated carbocycles. The summed E-state index contributed by atoms with van der Waals surface area (Å²) in [5.41, 5.74) is 3.22. The summed E-state index contributed by atoms with van der Waals surface area (Å²) < 4.78 is 11.7. The molecule has 0 saturated heterocycles. The maximum absolute atomic E-state index is 13.6. The lowest BCUT2D eigenvalue weighted by molar-refractivity contribution is -0.116. The number of fused-ring (bicyclic) bond motifs is 1. The van der Waals surface area contributed by atoms with E-state index in [-0.39, 0.29) is 18.4 Å². The zero-order valence-corrected chi connectivity index (χ0v) is 27.2. The third-order valence-corrected chi connectivity index (χ3v) is 8.85. The van der Waals surface area contributed by atoms with E-state index >= 15 is 0 Å². The lowest BCUT2D eigenvalue weighted by Crippen LogP contribution is -2.30. The molecule has 0 bridgehead atoms. The summed E-state index contributed by atoms with van der Waals surface area (Å²) >= 11 is 4.80. The van der Waals surface area contributed by atoms with Crippen molar-refractivity contribution in [2.24, 2.45) is 0 Å². The van der Waals surface area contributed by atoms with Crippen LogP contribution in [-0.4, -0.2) is 24.5 Å². The Morgan fingerprint density at radius 3 is 2.11 bits per heavy atom. The SMILES string of the molecule is O=C(Nc1ccc(SC(C(=O)Nc2ccc3c(c2)OCO3)c2ccccc2)cc1)/C(=C/c1ccc(Br)cc1)NC(=O)c1ccccc1. The summed E-state index contributed by atoms with van der Waals surface area (Å²) in [6, 6.07) is 38.1. The van der Waals surface area contributed by atoms with Crippen molar-refractivity contribution in [3.05, 3.63) is 154 Å². The van der Waals surface area contributed by atoms with Crippen molar-refractivity contribution < 1.29 is 23.9 Å². The highest BCUT2D eigenvalue weighted by molar-refractivity contribution is 9.10. The largest absolute Gasteiger partial charge is 0.454 e. The third-order valence-electron chi connectivity index (χ3n) is 7.06. The van der Waals surface area contributed by atoms with Gasteiger partial charge in [-0.15, -0.1) is 11.8 Å². The first-order valence-electron chi connectivity index (χ1n) is 14.6. The topological polar surface area (TPSA) is 106 Å². The Hall–Kier alpha value is -5.32. The molecule has 0 aromatic heterocycles. The molecule has 3 N–H and O–H groups in total. The molecule has 0 fully saturated rings. The number of hydrogen-bond acceptors (Lipinski definition) is 6. The van der Waals surface area contributed by atoms with Crippen LogP contribution in [0.4, 0.5) is 11.4 Å². The van der Waals surface area contributed by atoms with Crippen LogP contribution in [0.3, 0.4) is 0 Å². The second-order valence-electron chi connectivity index (χ2n) is 10.4. The minimum absolute atomic E-state index is 0.0870. The van der Waals surface area contributed by atoms with Gasteiger partial charge in [0, 0.05) is 32.4 Å². The van der Waals surface area contributed by atoms with E-state index in [1.807, 2.05) is 72.8 Å². The molecule has 234 valence electrons. The number of amides is 3. The minimum Gasteiger partial charge on any atom is -0.454 e. The van der Waals surface area contributed by atoms with Crippen LogP contribution in [0.1, 0.15) is 26.7 Å². The molecule has 1 aliphatic rings. The highest BCUT2D eigenvalue weighted by atomic mass is 79.9. The van der Waals surface area contributed by atoms with E-state index in [0.29, 0.717) is 28.4 Å². The van der Waals surface area contributed by atoms with Crippen molar-refractivity contribution in [1.82, 2.24) is 5.32 Å². The average molecular weight is 707 g/mol. The molecule has 47 heavy (non-hydrogen) atoms. The smallest absolute Gasteiger partial charge is 0.272 e. The molecule has 8 nitrogen and oxygen atoms in total. The number of thioether (sulfide) groups is 1.